The average molecular weight is 276 g/mol. The Bertz CT molecular complexity index is 484. The second-order valence-corrected chi connectivity index (χ2v) is 5.79. The highest BCUT2D eigenvalue weighted by molar-refractivity contribution is 5.85. The molecule has 20 heavy (non-hydrogen) atoms. The van der Waals surface area contributed by atoms with Gasteiger partial charge in [-0.3, -0.25) is 10.1 Å². The van der Waals surface area contributed by atoms with Crippen LogP contribution in [0.3, 0.4) is 0 Å². The minimum atomic E-state index is -0.237. The van der Waals surface area contributed by atoms with Crippen LogP contribution in [0, 0.1) is 5.82 Å². The molecular formula is C16H21FN2O. The molecule has 0 aromatic heterocycles. The molecule has 1 amide bonds. The van der Waals surface area contributed by atoms with Gasteiger partial charge in [0.1, 0.15) is 12.0 Å². The van der Waals surface area contributed by atoms with E-state index in [1.807, 2.05) is 4.90 Å². The number of nitrogens with one attached hydrogen (secondary N) is 1. The first-order valence-electron chi connectivity index (χ1n) is 7.54. The number of carbonyl (C=O) groups excluding carboxylic acids is 1. The molecule has 1 N–H and O–H groups in total. The van der Waals surface area contributed by atoms with Gasteiger partial charge in [0.25, 0.3) is 0 Å². The van der Waals surface area contributed by atoms with Crippen molar-refractivity contribution in [2.75, 3.05) is 0 Å². The number of halogens is 1. The fourth-order valence-electron chi connectivity index (χ4n) is 2.91. The van der Waals surface area contributed by atoms with Crippen molar-refractivity contribution in [3.8, 4) is 0 Å². The number of nitrogens with zero attached hydrogens (tertiary/aromatic N) is 1. The Morgan fingerprint density at radius 2 is 2.00 bits per heavy atom. The van der Waals surface area contributed by atoms with E-state index in [1.165, 1.54) is 12.1 Å². The highest BCUT2D eigenvalue weighted by Gasteiger charge is 2.46. The van der Waals surface area contributed by atoms with E-state index in [1.54, 1.807) is 12.1 Å². The number of rotatable bonds is 5. The number of hydrogen-bond donors (Lipinski definition) is 1. The summed E-state index contributed by atoms with van der Waals surface area (Å²) < 4.78 is 13.1. The van der Waals surface area contributed by atoms with Crippen LogP contribution in [0.4, 0.5) is 4.39 Å². The van der Waals surface area contributed by atoms with Gasteiger partial charge in [-0.15, -0.1) is 0 Å². The maximum atomic E-state index is 13.1. The number of benzene rings is 1. The van der Waals surface area contributed by atoms with Gasteiger partial charge in [-0.25, -0.2) is 4.39 Å². The molecule has 1 saturated heterocycles. The van der Waals surface area contributed by atoms with E-state index in [2.05, 4.69) is 12.2 Å². The molecule has 2 fully saturated rings. The van der Waals surface area contributed by atoms with Gasteiger partial charge < -0.3 is 4.90 Å². The van der Waals surface area contributed by atoms with Crippen molar-refractivity contribution >= 4 is 5.91 Å². The van der Waals surface area contributed by atoms with E-state index >= 15 is 0 Å². The van der Waals surface area contributed by atoms with Crippen LogP contribution in [0.5, 0.6) is 0 Å². The van der Waals surface area contributed by atoms with E-state index in [4.69, 9.17) is 0 Å². The van der Waals surface area contributed by atoms with Crippen molar-refractivity contribution in [1.29, 1.82) is 0 Å². The van der Waals surface area contributed by atoms with Crippen molar-refractivity contribution in [2.45, 2.75) is 57.3 Å². The fraction of sp³-hybridized carbons (Fsp3) is 0.562. The molecule has 1 heterocycles. The topological polar surface area (TPSA) is 32.3 Å². The van der Waals surface area contributed by atoms with Gasteiger partial charge in [0.15, 0.2) is 0 Å². The lowest BCUT2D eigenvalue weighted by Crippen LogP contribution is -2.33. The van der Waals surface area contributed by atoms with Crippen molar-refractivity contribution in [2.24, 2.45) is 0 Å². The second-order valence-electron chi connectivity index (χ2n) is 5.79. The molecule has 2 atom stereocenters. The van der Waals surface area contributed by atoms with Crippen LogP contribution in [0.15, 0.2) is 24.3 Å². The number of amides is 1. The van der Waals surface area contributed by atoms with E-state index in [0.29, 0.717) is 6.04 Å². The summed E-state index contributed by atoms with van der Waals surface area (Å²) >= 11 is 0. The Hall–Kier alpha value is -1.42. The van der Waals surface area contributed by atoms with Gasteiger partial charge in [-0.05, 0) is 37.0 Å². The number of carbonyl (C=O) groups is 1. The zero-order valence-electron chi connectivity index (χ0n) is 11.8. The summed E-state index contributed by atoms with van der Waals surface area (Å²) in [5, 5.41) is 3.44. The highest BCUT2D eigenvalue weighted by Crippen LogP contribution is 2.38. The van der Waals surface area contributed by atoms with Gasteiger partial charge in [0.2, 0.25) is 5.91 Å². The van der Waals surface area contributed by atoms with Crippen molar-refractivity contribution in [3.05, 3.63) is 35.6 Å². The van der Waals surface area contributed by atoms with E-state index in [-0.39, 0.29) is 23.9 Å². The normalized spacial score (nSPS) is 26.3. The largest absolute Gasteiger partial charge is 0.319 e. The first-order valence-corrected chi connectivity index (χ1v) is 7.54. The number of unbranched alkanes of at least 4 members (excludes halogenated alkanes) is 1. The molecule has 3 rings (SSSR count). The second kappa shape index (κ2) is 5.52. The fourth-order valence-corrected chi connectivity index (χ4v) is 2.91. The van der Waals surface area contributed by atoms with Crippen LogP contribution in [0.2, 0.25) is 0 Å². The molecular weight excluding hydrogens is 255 g/mol. The Morgan fingerprint density at radius 3 is 2.60 bits per heavy atom. The van der Waals surface area contributed by atoms with E-state index in [9.17, 15) is 9.18 Å². The first-order chi connectivity index (χ1) is 9.70. The Balaban J connectivity index is 1.81. The quantitative estimate of drug-likeness (QED) is 0.896. The molecule has 1 aliphatic carbocycles. The summed E-state index contributed by atoms with van der Waals surface area (Å²) in [6.45, 7) is 2.13. The third kappa shape index (κ3) is 2.57. The molecule has 0 bridgehead atoms. The third-order valence-corrected chi connectivity index (χ3v) is 4.16. The molecule has 1 saturated carbocycles. The lowest BCUT2D eigenvalue weighted by molar-refractivity contribution is -0.130. The van der Waals surface area contributed by atoms with Crippen LogP contribution in [0.25, 0.3) is 0 Å². The lowest BCUT2D eigenvalue weighted by Gasteiger charge is -2.24. The molecule has 2 aliphatic rings. The van der Waals surface area contributed by atoms with Gasteiger partial charge in [0, 0.05) is 6.04 Å². The Labute approximate surface area is 119 Å². The SMILES string of the molecule is CCCCC1NC(c2ccc(F)cc2)N(C2CC2)C1=O. The van der Waals surface area contributed by atoms with Gasteiger partial charge >= 0.3 is 0 Å². The van der Waals surface area contributed by atoms with Crippen LogP contribution in [-0.2, 0) is 4.79 Å². The van der Waals surface area contributed by atoms with Crippen molar-refractivity contribution < 1.29 is 9.18 Å². The van der Waals surface area contributed by atoms with Gasteiger partial charge in [0.05, 0.1) is 6.04 Å². The van der Waals surface area contributed by atoms with Crippen molar-refractivity contribution in [1.82, 2.24) is 10.2 Å². The van der Waals surface area contributed by atoms with E-state index in [0.717, 1.165) is 37.7 Å². The predicted octanol–water partition coefficient (Wildman–Crippen LogP) is 2.98. The van der Waals surface area contributed by atoms with Crippen LogP contribution >= 0.6 is 0 Å². The molecule has 1 aromatic carbocycles. The summed E-state index contributed by atoms with van der Waals surface area (Å²) in [7, 11) is 0. The molecule has 1 aromatic rings. The summed E-state index contributed by atoms with van der Waals surface area (Å²) in [6.07, 6.45) is 5.12. The molecule has 2 unspecified atom stereocenters. The lowest BCUT2D eigenvalue weighted by atomic mass is 10.1. The monoisotopic (exact) mass is 276 g/mol. The standard InChI is InChI=1S/C16H21FN2O/c1-2-3-4-14-16(20)19(13-9-10-13)15(18-14)11-5-7-12(17)8-6-11/h5-8,13-15,18H,2-4,9-10H2,1H3. The average Bonchev–Trinajstić information content (AvgIpc) is 3.22. The smallest absolute Gasteiger partial charge is 0.241 e. The van der Waals surface area contributed by atoms with Crippen LogP contribution in [0.1, 0.15) is 50.8 Å². The van der Waals surface area contributed by atoms with Crippen LogP contribution < -0.4 is 5.32 Å². The van der Waals surface area contributed by atoms with E-state index < -0.39 is 0 Å². The summed E-state index contributed by atoms with van der Waals surface area (Å²) in [5.74, 6) is -0.0196. The van der Waals surface area contributed by atoms with Crippen LogP contribution in [-0.4, -0.2) is 22.9 Å². The molecule has 108 valence electrons. The zero-order valence-corrected chi connectivity index (χ0v) is 11.8. The summed E-state index contributed by atoms with van der Waals surface area (Å²) in [6, 6.07) is 6.77. The maximum Gasteiger partial charge on any atom is 0.241 e. The molecule has 3 nitrogen and oxygen atoms in total. The number of hydrogen-bond acceptors (Lipinski definition) is 2. The predicted molar refractivity (Wildman–Crippen MR) is 75.5 cm³/mol. The maximum absolute atomic E-state index is 13.1. The molecule has 0 spiro atoms. The highest BCUT2D eigenvalue weighted by atomic mass is 19.1. The zero-order chi connectivity index (χ0) is 14.1. The third-order valence-electron chi connectivity index (χ3n) is 4.16. The Morgan fingerprint density at radius 1 is 1.30 bits per heavy atom. The minimum Gasteiger partial charge on any atom is -0.319 e. The molecule has 4 heteroatoms. The molecule has 0 radical (unpaired) electrons. The minimum absolute atomic E-state index is 0.0781. The van der Waals surface area contributed by atoms with Gasteiger partial charge in [-0.2, -0.15) is 0 Å². The first kappa shape index (κ1) is 13.6. The molecule has 1 aliphatic heterocycles. The Kier molecular flexibility index (Phi) is 3.74. The summed E-state index contributed by atoms with van der Waals surface area (Å²) in [4.78, 5) is 14.5. The van der Waals surface area contributed by atoms with Crippen molar-refractivity contribution in [3.63, 3.8) is 0 Å². The van der Waals surface area contributed by atoms with Gasteiger partial charge in [-0.1, -0.05) is 31.9 Å². The summed E-state index contributed by atoms with van der Waals surface area (Å²) in [5.41, 5.74) is 0.977.